The normalized spacial score (nSPS) is 13.7. The summed E-state index contributed by atoms with van der Waals surface area (Å²) in [4.78, 5) is 40.9. The van der Waals surface area contributed by atoms with Crippen LogP contribution in [0.25, 0.3) is 43.6 Å². The van der Waals surface area contributed by atoms with Gasteiger partial charge in [0.25, 0.3) is 11.1 Å². The van der Waals surface area contributed by atoms with E-state index in [1.807, 2.05) is 54.6 Å². The molecule has 1 fully saturated rings. The van der Waals surface area contributed by atoms with Crippen molar-refractivity contribution in [2.45, 2.75) is 0 Å². The summed E-state index contributed by atoms with van der Waals surface area (Å²) in [6.45, 7) is 3.87. The summed E-state index contributed by atoms with van der Waals surface area (Å²) in [6.07, 6.45) is 0. The minimum atomic E-state index is -0.102. The summed E-state index contributed by atoms with van der Waals surface area (Å²) in [7, 11) is 0. The van der Waals surface area contributed by atoms with Crippen molar-refractivity contribution in [2.24, 2.45) is 0 Å². The molecule has 9 nitrogen and oxygen atoms in total. The largest absolute Gasteiger partial charge is 0.384 e. The summed E-state index contributed by atoms with van der Waals surface area (Å²) in [5.41, 5.74) is 8.58. The second kappa shape index (κ2) is 9.36. The Kier molecular flexibility index (Phi) is 5.74. The monoisotopic (exact) mass is 491 g/mol. The molecule has 0 spiro atoms. The number of H-pyrrole nitrogens is 2. The lowest BCUT2D eigenvalue weighted by molar-refractivity contribution is 0.585. The smallest absolute Gasteiger partial charge is 0.256 e. The van der Waals surface area contributed by atoms with Crippen LogP contribution in [0.5, 0.6) is 0 Å². The fourth-order valence-electron chi connectivity index (χ4n) is 4.76. The molecule has 1 saturated heterocycles. The van der Waals surface area contributed by atoms with Crippen LogP contribution in [0.2, 0.25) is 0 Å². The summed E-state index contributed by atoms with van der Waals surface area (Å²) in [6, 6.07) is 22.4. The number of nitrogens with one attached hydrogen (secondary N) is 3. The number of pyridine rings is 4. The molecular formula is C28H25N7O2. The van der Waals surface area contributed by atoms with Crippen LogP contribution in [-0.2, 0) is 0 Å². The standard InChI is InChI=1S/C16H16N4O.C12H9N3O/c21-16-12-4-2-1-3-11(12)15-13(18-16)5-6-14(19-15)20-9-7-17-8-10-20;13-10-6-5-9-11(15-10)7-3-1-2-4-8(7)12(16)14-9/h1-6,17H,7-10H2,(H,18,21);1-6H,(H2,13,15)(H,14,16). The van der Waals surface area contributed by atoms with Gasteiger partial charge in [-0.15, -0.1) is 0 Å². The molecule has 0 radical (unpaired) electrons. The second-order valence-electron chi connectivity index (χ2n) is 8.93. The predicted octanol–water partition coefficient (Wildman–Crippen LogP) is 3.14. The number of aromatic amines is 2. The Labute approximate surface area is 211 Å². The highest BCUT2D eigenvalue weighted by Gasteiger charge is 2.13. The third-order valence-electron chi connectivity index (χ3n) is 6.59. The number of aromatic nitrogens is 4. The molecule has 0 unspecified atom stereocenters. The molecule has 1 aliphatic heterocycles. The van der Waals surface area contributed by atoms with Crippen molar-refractivity contribution in [1.29, 1.82) is 0 Å². The molecule has 7 rings (SSSR count). The minimum absolute atomic E-state index is 0.0603. The van der Waals surface area contributed by atoms with Crippen LogP contribution in [0.3, 0.4) is 0 Å². The average Bonchev–Trinajstić information content (AvgIpc) is 2.95. The van der Waals surface area contributed by atoms with Gasteiger partial charge in [0.15, 0.2) is 0 Å². The summed E-state index contributed by atoms with van der Waals surface area (Å²) in [5.74, 6) is 1.42. The third kappa shape index (κ3) is 4.25. The highest BCUT2D eigenvalue weighted by molar-refractivity contribution is 6.04. The van der Waals surface area contributed by atoms with Gasteiger partial charge in [-0.3, -0.25) is 9.59 Å². The molecule has 0 aliphatic carbocycles. The van der Waals surface area contributed by atoms with Crippen LogP contribution in [-0.4, -0.2) is 46.1 Å². The van der Waals surface area contributed by atoms with Crippen molar-refractivity contribution >= 4 is 55.2 Å². The van der Waals surface area contributed by atoms with E-state index in [-0.39, 0.29) is 11.1 Å². The number of nitrogen functional groups attached to an aromatic ring is 1. The Morgan fingerprint density at radius 3 is 1.76 bits per heavy atom. The molecule has 5 N–H and O–H groups in total. The highest BCUT2D eigenvalue weighted by Crippen LogP contribution is 2.23. The molecule has 37 heavy (non-hydrogen) atoms. The van der Waals surface area contributed by atoms with E-state index in [4.69, 9.17) is 10.7 Å². The lowest BCUT2D eigenvalue weighted by Crippen LogP contribution is -2.43. The van der Waals surface area contributed by atoms with Gasteiger partial charge in [0.05, 0.1) is 22.1 Å². The number of hydrogen-bond donors (Lipinski definition) is 4. The molecule has 0 bridgehead atoms. The average molecular weight is 492 g/mol. The van der Waals surface area contributed by atoms with Gasteiger partial charge in [0, 0.05) is 47.7 Å². The Hall–Kier alpha value is -4.76. The van der Waals surface area contributed by atoms with Gasteiger partial charge in [-0.25, -0.2) is 9.97 Å². The van der Waals surface area contributed by atoms with Crippen LogP contribution < -0.4 is 27.1 Å². The van der Waals surface area contributed by atoms with Gasteiger partial charge in [-0.2, -0.15) is 0 Å². The van der Waals surface area contributed by atoms with Gasteiger partial charge in [0.1, 0.15) is 11.6 Å². The van der Waals surface area contributed by atoms with Crippen LogP contribution in [0.15, 0.2) is 82.4 Å². The number of nitrogens with two attached hydrogens (primary N) is 1. The molecular weight excluding hydrogens is 466 g/mol. The molecule has 5 heterocycles. The highest BCUT2D eigenvalue weighted by atomic mass is 16.1. The minimum Gasteiger partial charge on any atom is -0.384 e. The maximum absolute atomic E-state index is 12.1. The van der Waals surface area contributed by atoms with Crippen molar-refractivity contribution in [3.8, 4) is 0 Å². The molecule has 184 valence electrons. The fraction of sp³-hybridized carbons (Fsp3) is 0.143. The lowest BCUT2D eigenvalue weighted by Gasteiger charge is -2.28. The van der Waals surface area contributed by atoms with E-state index in [0.717, 1.165) is 59.3 Å². The van der Waals surface area contributed by atoms with Gasteiger partial charge in [-0.1, -0.05) is 36.4 Å². The van der Waals surface area contributed by atoms with Crippen LogP contribution in [0.1, 0.15) is 0 Å². The first-order chi connectivity index (χ1) is 18.1. The number of nitrogens with zero attached hydrogens (tertiary/aromatic N) is 3. The number of benzene rings is 2. The van der Waals surface area contributed by atoms with Crippen LogP contribution in [0, 0.1) is 0 Å². The Bertz CT molecular complexity index is 1890. The molecule has 1 aliphatic rings. The lowest BCUT2D eigenvalue weighted by atomic mass is 10.1. The molecule has 2 aromatic carbocycles. The van der Waals surface area contributed by atoms with Crippen molar-refractivity contribution in [1.82, 2.24) is 25.3 Å². The first-order valence-electron chi connectivity index (χ1n) is 12.1. The molecule has 4 aromatic heterocycles. The van der Waals surface area contributed by atoms with E-state index in [1.54, 1.807) is 18.2 Å². The van der Waals surface area contributed by atoms with Gasteiger partial charge in [0.2, 0.25) is 0 Å². The van der Waals surface area contributed by atoms with Gasteiger partial charge >= 0.3 is 0 Å². The maximum Gasteiger partial charge on any atom is 0.256 e. The molecule has 0 amide bonds. The quantitative estimate of drug-likeness (QED) is 0.260. The van der Waals surface area contributed by atoms with Crippen molar-refractivity contribution in [3.63, 3.8) is 0 Å². The fourth-order valence-corrected chi connectivity index (χ4v) is 4.76. The molecule has 0 saturated carbocycles. The molecule has 6 aromatic rings. The summed E-state index contributed by atoms with van der Waals surface area (Å²) in [5, 5.41) is 6.40. The van der Waals surface area contributed by atoms with E-state index in [0.29, 0.717) is 22.1 Å². The zero-order valence-electron chi connectivity index (χ0n) is 20.0. The van der Waals surface area contributed by atoms with Gasteiger partial charge in [-0.05, 0) is 36.4 Å². The number of piperazine rings is 1. The number of rotatable bonds is 1. The first kappa shape index (κ1) is 22.7. The van der Waals surface area contributed by atoms with Crippen molar-refractivity contribution in [2.75, 3.05) is 36.8 Å². The van der Waals surface area contributed by atoms with Crippen molar-refractivity contribution < 1.29 is 0 Å². The van der Waals surface area contributed by atoms with E-state index < -0.39 is 0 Å². The zero-order chi connectivity index (χ0) is 25.4. The van der Waals surface area contributed by atoms with Crippen LogP contribution in [0.4, 0.5) is 11.6 Å². The van der Waals surface area contributed by atoms with Gasteiger partial charge < -0.3 is 25.9 Å². The van der Waals surface area contributed by atoms with E-state index in [1.165, 1.54) is 0 Å². The molecule has 0 atom stereocenters. The molecule has 9 heteroatoms. The third-order valence-corrected chi connectivity index (χ3v) is 6.59. The summed E-state index contributed by atoms with van der Waals surface area (Å²) >= 11 is 0. The van der Waals surface area contributed by atoms with E-state index in [2.05, 4.69) is 25.2 Å². The Morgan fingerprint density at radius 2 is 1.16 bits per heavy atom. The SMILES string of the molecule is Nc1ccc2[nH]c(=O)c3ccccc3c2n1.O=c1[nH]c2ccc(N3CCNCC3)nc2c2ccccc12. The van der Waals surface area contributed by atoms with Crippen LogP contribution >= 0.6 is 0 Å². The maximum atomic E-state index is 12.1. The number of hydrogen-bond acceptors (Lipinski definition) is 7. The van der Waals surface area contributed by atoms with Crippen molar-refractivity contribution in [3.05, 3.63) is 93.5 Å². The summed E-state index contributed by atoms with van der Waals surface area (Å²) < 4.78 is 0. The topological polar surface area (TPSA) is 133 Å². The predicted molar refractivity (Wildman–Crippen MR) is 149 cm³/mol. The number of fused-ring (bicyclic) bond motifs is 6. The Morgan fingerprint density at radius 1 is 0.649 bits per heavy atom. The second-order valence-corrected chi connectivity index (χ2v) is 8.93. The Balaban J connectivity index is 0.000000141. The zero-order valence-corrected chi connectivity index (χ0v) is 20.0. The first-order valence-corrected chi connectivity index (χ1v) is 12.1. The van der Waals surface area contributed by atoms with E-state index >= 15 is 0 Å². The number of anilines is 2. The van der Waals surface area contributed by atoms with E-state index in [9.17, 15) is 9.59 Å².